The fraction of sp³-hybridized carbons (Fsp3) is 0.333. The summed E-state index contributed by atoms with van der Waals surface area (Å²) in [5, 5.41) is 11.7. The molecule has 1 N–H and O–H groups in total. The SMILES string of the molecule is CCCN1CC(=O)Nc2c(C#N)cccc21. The van der Waals surface area contributed by atoms with Crippen LogP contribution in [0.3, 0.4) is 0 Å². The maximum absolute atomic E-state index is 11.5. The molecule has 0 radical (unpaired) electrons. The van der Waals surface area contributed by atoms with Crippen LogP contribution in [0.2, 0.25) is 0 Å². The second-order valence-electron chi connectivity index (χ2n) is 3.78. The molecule has 4 heteroatoms. The van der Waals surface area contributed by atoms with Crippen molar-refractivity contribution in [3.63, 3.8) is 0 Å². The van der Waals surface area contributed by atoms with Gasteiger partial charge in [0.25, 0.3) is 0 Å². The van der Waals surface area contributed by atoms with Crippen LogP contribution in [0, 0.1) is 11.3 Å². The summed E-state index contributed by atoms with van der Waals surface area (Å²) in [6.07, 6.45) is 0.976. The third-order valence-corrected chi connectivity index (χ3v) is 2.60. The van der Waals surface area contributed by atoms with Crippen LogP contribution in [0.4, 0.5) is 11.4 Å². The van der Waals surface area contributed by atoms with E-state index >= 15 is 0 Å². The van der Waals surface area contributed by atoms with Gasteiger partial charge in [0.2, 0.25) is 5.91 Å². The topological polar surface area (TPSA) is 56.1 Å². The second-order valence-corrected chi connectivity index (χ2v) is 3.78. The Bertz CT molecular complexity index is 462. The Kier molecular flexibility index (Phi) is 2.78. The molecule has 1 amide bonds. The van der Waals surface area contributed by atoms with Gasteiger partial charge in [-0.3, -0.25) is 4.79 Å². The molecule has 1 heterocycles. The lowest BCUT2D eigenvalue weighted by Crippen LogP contribution is -2.38. The number of nitrogens with one attached hydrogen (secondary N) is 1. The second kappa shape index (κ2) is 4.23. The molecule has 1 aromatic rings. The molecule has 1 aliphatic rings. The monoisotopic (exact) mass is 215 g/mol. The highest BCUT2D eigenvalue weighted by Crippen LogP contribution is 2.32. The first-order valence-electron chi connectivity index (χ1n) is 5.34. The number of amides is 1. The van der Waals surface area contributed by atoms with Gasteiger partial charge in [-0.05, 0) is 18.6 Å². The zero-order chi connectivity index (χ0) is 11.5. The third-order valence-electron chi connectivity index (χ3n) is 2.60. The number of benzene rings is 1. The van der Waals surface area contributed by atoms with Crippen molar-refractivity contribution in [1.82, 2.24) is 0 Å². The number of hydrogen-bond donors (Lipinski definition) is 1. The van der Waals surface area contributed by atoms with Crippen LogP contribution in [0.25, 0.3) is 0 Å². The Morgan fingerprint density at radius 1 is 1.56 bits per heavy atom. The van der Waals surface area contributed by atoms with Crippen molar-refractivity contribution in [1.29, 1.82) is 5.26 Å². The first-order valence-corrected chi connectivity index (χ1v) is 5.34. The van der Waals surface area contributed by atoms with Gasteiger partial charge >= 0.3 is 0 Å². The summed E-state index contributed by atoms with van der Waals surface area (Å²) in [4.78, 5) is 13.5. The maximum atomic E-state index is 11.5. The Morgan fingerprint density at radius 3 is 3.06 bits per heavy atom. The van der Waals surface area contributed by atoms with Crippen LogP contribution in [0.15, 0.2) is 18.2 Å². The highest BCUT2D eigenvalue weighted by molar-refractivity contribution is 6.02. The Morgan fingerprint density at radius 2 is 2.38 bits per heavy atom. The van der Waals surface area contributed by atoms with Crippen molar-refractivity contribution in [3.8, 4) is 6.07 Å². The molecule has 2 rings (SSSR count). The lowest BCUT2D eigenvalue weighted by atomic mass is 10.1. The van der Waals surface area contributed by atoms with E-state index in [0.29, 0.717) is 17.8 Å². The summed E-state index contributed by atoms with van der Waals surface area (Å²) in [6, 6.07) is 7.59. The molecule has 0 atom stereocenters. The molecule has 0 spiro atoms. The van der Waals surface area contributed by atoms with Crippen LogP contribution in [-0.4, -0.2) is 19.0 Å². The van der Waals surface area contributed by atoms with E-state index in [4.69, 9.17) is 5.26 Å². The van der Waals surface area contributed by atoms with Crippen molar-refractivity contribution >= 4 is 17.3 Å². The van der Waals surface area contributed by atoms with E-state index in [1.807, 2.05) is 17.0 Å². The minimum atomic E-state index is -0.0522. The van der Waals surface area contributed by atoms with Crippen molar-refractivity contribution in [2.24, 2.45) is 0 Å². The van der Waals surface area contributed by atoms with E-state index in [9.17, 15) is 4.79 Å². The molecule has 1 aromatic carbocycles. The Labute approximate surface area is 94.5 Å². The molecule has 4 nitrogen and oxygen atoms in total. The number of hydrogen-bond acceptors (Lipinski definition) is 3. The number of nitrogens with zero attached hydrogens (tertiary/aromatic N) is 2. The fourth-order valence-electron chi connectivity index (χ4n) is 1.94. The summed E-state index contributed by atoms with van der Waals surface area (Å²) in [7, 11) is 0. The molecule has 0 saturated heterocycles. The van der Waals surface area contributed by atoms with Gasteiger partial charge in [-0.25, -0.2) is 0 Å². The molecule has 0 bridgehead atoms. The van der Waals surface area contributed by atoms with Crippen LogP contribution in [-0.2, 0) is 4.79 Å². The van der Waals surface area contributed by atoms with Gasteiger partial charge in [-0.2, -0.15) is 5.26 Å². The Hall–Kier alpha value is -2.02. The zero-order valence-electron chi connectivity index (χ0n) is 9.16. The van der Waals surface area contributed by atoms with E-state index in [1.54, 1.807) is 6.07 Å². The molecule has 0 saturated carbocycles. The molecule has 0 aromatic heterocycles. The molecule has 1 aliphatic heterocycles. The number of para-hydroxylation sites is 1. The molecule has 0 aliphatic carbocycles. The normalized spacial score (nSPS) is 14.0. The summed E-state index contributed by atoms with van der Waals surface area (Å²) in [6.45, 7) is 3.27. The van der Waals surface area contributed by atoms with Crippen molar-refractivity contribution in [3.05, 3.63) is 23.8 Å². The lowest BCUT2D eigenvalue weighted by Gasteiger charge is -2.31. The van der Waals surface area contributed by atoms with E-state index in [1.165, 1.54) is 0 Å². The average molecular weight is 215 g/mol. The largest absolute Gasteiger partial charge is 0.361 e. The highest BCUT2D eigenvalue weighted by Gasteiger charge is 2.23. The smallest absolute Gasteiger partial charge is 0.243 e. The predicted molar refractivity (Wildman–Crippen MR) is 62.3 cm³/mol. The predicted octanol–water partition coefficient (Wildman–Crippen LogP) is 1.73. The lowest BCUT2D eigenvalue weighted by molar-refractivity contribution is -0.115. The number of anilines is 2. The number of carbonyl (C=O) groups excluding carboxylic acids is 1. The summed E-state index contributed by atoms with van der Waals surface area (Å²) < 4.78 is 0. The minimum absolute atomic E-state index is 0.0522. The average Bonchev–Trinajstić information content (AvgIpc) is 2.28. The first-order chi connectivity index (χ1) is 7.76. The van der Waals surface area contributed by atoms with E-state index in [2.05, 4.69) is 18.3 Å². The van der Waals surface area contributed by atoms with Gasteiger partial charge in [-0.1, -0.05) is 13.0 Å². The van der Waals surface area contributed by atoms with Crippen molar-refractivity contribution in [2.45, 2.75) is 13.3 Å². The van der Waals surface area contributed by atoms with Gasteiger partial charge < -0.3 is 10.2 Å². The van der Waals surface area contributed by atoms with Gasteiger partial charge in [0.15, 0.2) is 0 Å². The molecule has 16 heavy (non-hydrogen) atoms. The quantitative estimate of drug-likeness (QED) is 0.817. The van der Waals surface area contributed by atoms with Gasteiger partial charge in [-0.15, -0.1) is 0 Å². The summed E-state index contributed by atoms with van der Waals surface area (Å²) >= 11 is 0. The number of rotatable bonds is 2. The van der Waals surface area contributed by atoms with E-state index < -0.39 is 0 Å². The molecular formula is C12H13N3O. The van der Waals surface area contributed by atoms with E-state index in [0.717, 1.165) is 18.7 Å². The van der Waals surface area contributed by atoms with Crippen LogP contribution >= 0.6 is 0 Å². The maximum Gasteiger partial charge on any atom is 0.243 e. The fourth-order valence-corrected chi connectivity index (χ4v) is 1.94. The summed E-state index contributed by atoms with van der Waals surface area (Å²) in [5.74, 6) is -0.0522. The molecular weight excluding hydrogens is 202 g/mol. The number of fused-ring (bicyclic) bond motifs is 1. The van der Waals surface area contributed by atoms with Gasteiger partial charge in [0.05, 0.1) is 23.5 Å². The number of nitriles is 1. The van der Waals surface area contributed by atoms with Crippen LogP contribution in [0.5, 0.6) is 0 Å². The van der Waals surface area contributed by atoms with Gasteiger partial charge in [0.1, 0.15) is 6.07 Å². The molecule has 82 valence electrons. The summed E-state index contributed by atoms with van der Waals surface area (Å²) in [5.41, 5.74) is 2.11. The molecule has 0 fully saturated rings. The standard InChI is InChI=1S/C12H13N3O/c1-2-6-15-8-11(16)14-12-9(7-13)4-3-5-10(12)15/h3-5H,2,6,8H2,1H3,(H,14,16). The van der Waals surface area contributed by atoms with Crippen LogP contribution < -0.4 is 10.2 Å². The zero-order valence-corrected chi connectivity index (χ0v) is 9.16. The van der Waals surface area contributed by atoms with Crippen molar-refractivity contribution in [2.75, 3.05) is 23.3 Å². The van der Waals surface area contributed by atoms with Gasteiger partial charge in [0, 0.05) is 6.54 Å². The first kappa shape index (κ1) is 10.5. The molecule has 0 unspecified atom stereocenters. The van der Waals surface area contributed by atoms with Crippen LogP contribution in [0.1, 0.15) is 18.9 Å². The minimum Gasteiger partial charge on any atom is -0.361 e. The Balaban J connectivity index is 2.47. The highest BCUT2D eigenvalue weighted by atomic mass is 16.2. The van der Waals surface area contributed by atoms with Crippen molar-refractivity contribution < 1.29 is 4.79 Å². The third kappa shape index (κ3) is 1.72. The van der Waals surface area contributed by atoms with E-state index in [-0.39, 0.29) is 5.91 Å². The number of carbonyl (C=O) groups is 1.